The monoisotopic (exact) mass is 331 g/mol. The molecule has 3 rings (SSSR count). The van der Waals surface area contributed by atoms with E-state index in [1.165, 1.54) is 0 Å². The van der Waals surface area contributed by atoms with Gasteiger partial charge in [0.05, 0.1) is 5.56 Å². The average molecular weight is 331 g/mol. The van der Waals surface area contributed by atoms with Crippen molar-refractivity contribution in [3.05, 3.63) is 23.9 Å². The molecule has 1 aromatic rings. The highest BCUT2D eigenvalue weighted by molar-refractivity contribution is 5.99. The number of carbonyl (C=O) groups excluding carboxylic acids is 1. The molecule has 1 N–H and O–H groups in total. The Hall–Kier alpha value is -2.11. The van der Waals surface area contributed by atoms with Crippen LogP contribution in [0.2, 0.25) is 0 Å². The van der Waals surface area contributed by atoms with E-state index in [-0.39, 0.29) is 18.2 Å². The van der Waals surface area contributed by atoms with Crippen molar-refractivity contribution >= 4 is 17.7 Å². The van der Waals surface area contributed by atoms with E-state index in [4.69, 9.17) is 5.11 Å². The molecule has 0 spiro atoms. The first kappa shape index (κ1) is 16.7. The number of hydrogen-bond donors (Lipinski definition) is 1. The number of pyridine rings is 1. The summed E-state index contributed by atoms with van der Waals surface area (Å²) in [4.78, 5) is 32.3. The summed E-state index contributed by atoms with van der Waals surface area (Å²) in [6, 6.07) is 3.68. The largest absolute Gasteiger partial charge is 0.481 e. The Morgan fingerprint density at radius 2 is 2.00 bits per heavy atom. The molecule has 130 valence electrons. The second kappa shape index (κ2) is 7.64. The predicted octanol–water partition coefficient (Wildman–Crippen LogP) is 2.40. The van der Waals surface area contributed by atoms with Gasteiger partial charge in [-0.25, -0.2) is 4.98 Å². The van der Waals surface area contributed by atoms with Gasteiger partial charge in [-0.1, -0.05) is 0 Å². The Morgan fingerprint density at radius 3 is 2.75 bits per heavy atom. The average Bonchev–Trinajstić information content (AvgIpc) is 3.14. The highest BCUT2D eigenvalue weighted by Crippen LogP contribution is 2.26. The standard InChI is InChI=1S/C18H25N3O3/c22-16(23)8-7-14-5-4-12-21(13-14)18(24)15-6-3-9-19-17(15)20-10-1-2-11-20/h3,6,9,14H,1-2,4-5,7-8,10-13H2,(H,22,23). The van der Waals surface area contributed by atoms with E-state index in [0.29, 0.717) is 18.5 Å². The summed E-state index contributed by atoms with van der Waals surface area (Å²) in [6.45, 7) is 3.31. The third-order valence-electron chi connectivity index (χ3n) is 5.00. The lowest BCUT2D eigenvalue weighted by atomic mass is 9.93. The van der Waals surface area contributed by atoms with Gasteiger partial charge in [-0.05, 0) is 50.2 Å². The predicted molar refractivity (Wildman–Crippen MR) is 91.2 cm³/mol. The summed E-state index contributed by atoms with van der Waals surface area (Å²) in [7, 11) is 0. The smallest absolute Gasteiger partial charge is 0.303 e. The van der Waals surface area contributed by atoms with Crippen molar-refractivity contribution < 1.29 is 14.7 Å². The number of hydrogen-bond acceptors (Lipinski definition) is 4. The number of carboxylic acids is 1. The van der Waals surface area contributed by atoms with Crippen LogP contribution in [0.4, 0.5) is 5.82 Å². The van der Waals surface area contributed by atoms with E-state index in [9.17, 15) is 9.59 Å². The summed E-state index contributed by atoms with van der Waals surface area (Å²) < 4.78 is 0. The molecule has 0 aromatic carbocycles. The van der Waals surface area contributed by atoms with E-state index in [1.807, 2.05) is 17.0 Å². The van der Waals surface area contributed by atoms with Crippen molar-refractivity contribution in [3.63, 3.8) is 0 Å². The van der Waals surface area contributed by atoms with E-state index in [2.05, 4.69) is 9.88 Å². The zero-order chi connectivity index (χ0) is 16.9. The van der Waals surface area contributed by atoms with Gasteiger partial charge in [-0.3, -0.25) is 9.59 Å². The SMILES string of the molecule is O=C(O)CCC1CCCN(C(=O)c2cccnc2N2CCCC2)C1. The number of aliphatic carboxylic acids is 1. The van der Waals surface area contributed by atoms with Crippen LogP contribution in [0.3, 0.4) is 0 Å². The Balaban J connectivity index is 1.70. The molecule has 1 unspecified atom stereocenters. The van der Waals surface area contributed by atoms with Crippen molar-refractivity contribution in [2.45, 2.75) is 38.5 Å². The van der Waals surface area contributed by atoms with Crippen molar-refractivity contribution in [1.82, 2.24) is 9.88 Å². The molecule has 3 heterocycles. The highest BCUT2D eigenvalue weighted by atomic mass is 16.4. The molecule has 2 aliphatic rings. The van der Waals surface area contributed by atoms with Gasteiger partial charge in [0.1, 0.15) is 5.82 Å². The van der Waals surface area contributed by atoms with Gasteiger partial charge in [0.15, 0.2) is 0 Å². The highest BCUT2D eigenvalue weighted by Gasteiger charge is 2.28. The number of carboxylic acid groups (broad SMARTS) is 1. The fourth-order valence-corrected chi connectivity index (χ4v) is 3.73. The van der Waals surface area contributed by atoms with Crippen LogP contribution < -0.4 is 4.90 Å². The zero-order valence-electron chi connectivity index (χ0n) is 14.0. The first-order chi connectivity index (χ1) is 11.6. The molecule has 1 amide bonds. The van der Waals surface area contributed by atoms with Crippen molar-refractivity contribution in [2.24, 2.45) is 5.92 Å². The molecule has 1 aromatic heterocycles. The molecular weight excluding hydrogens is 306 g/mol. The summed E-state index contributed by atoms with van der Waals surface area (Å²) in [5.74, 6) is 0.352. The van der Waals surface area contributed by atoms with Crippen LogP contribution in [-0.4, -0.2) is 53.0 Å². The van der Waals surface area contributed by atoms with Crippen LogP contribution in [0, 0.1) is 5.92 Å². The van der Waals surface area contributed by atoms with Crippen molar-refractivity contribution in [2.75, 3.05) is 31.1 Å². The van der Waals surface area contributed by atoms with E-state index in [1.54, 1.807) is 6.20 Å². The van der Waals surface area contributed by atoms with E-state index in [0.717, 1.165) is 51.1 Å². The summed E-state index contributed by atoms with van der Waals surface area (Å²) in [6.07, 6.45) is 6.80. The van der Waals surface area contributed by atoms with Crippen molar-refractivity contribution in [1.29, 1.82) is 0 Å². The molecule has 2 fully saturated rings. The van der Waals surface area contributed by atoms with E-state index < -0.39 is 5.97 Å². The minimum absolute atomic E-state index is 0.0324. The number of aromatic nitrogens is 1. The Labute approximate surface area is 142 Å². The van der Waals surface area contributed by atoms with Crippen LogP contribution >= 0.6 is 0 Å². The van der Waals surface area contributed by atoms with Gasteiger partial charge in [-0.2, -0.15) is 0 Å². The van der Waals surface area contributed by atoms with Gasteiger partial charge in [-0.15, -0.1) is 0 Å². The molecule has 6 nitrogen and oxygen atoms in total. The lowest BCUT2D eigenvalue weighted by molar-refractivity contribution is -0.137. The topological polar surface area (TPSA) is 73.7 Å². The Morgan fingerprint density at radius 1 is 1.21 bits per heavy atom. The second-order valence-electron chi connectivity index (χ2n) is 6.76. The molecule has 2 aliphatic heterocycles. The maximum absolute atomic E-state index is 13.0. The van der Waals surface area contributed by atoms with Crippen LogP contribution in [0.15, 0.2) is 18.3 Å². The number of nitrogens with zero attached hydrogens (tertiary/aromatic N) is 3. The number of carbonyl (C=O) groups is 2. The van der Waals surface area contributed by atoms with Gasteiger partial charge < -0.3 is 14.9 Å². The molecular formula is C18H25N3O3. The van der Waals surface area contributed by atoms with Crippen LogP contribution in [-0.2, 0) is 4.79 Å². The maximum Gasteiger partial charge on any atom is 0.303 e. The zero-order valence-corrected chi connectivity index (χ0v) is 14.0. The first-order valence-electron chi connectivity index (χ1n) is 8.86. The molecule has 2 saturated heterocycles. The van der Waals surface area contributed by atoms with Crippen LogP contribution in [0.25, 0.3) is 0 Å². The second-order valence-corrected chi connectivity index (χ2v) is 6.76. The quantitative estimate of drug-likeness (QED) is 0.897. The third kappa shape index (κ3) is 3.86. The number of piperidine rings is 1. The number of likely N-dealkylation sites (tertiary alicyclic amines) is 1. The fourth-order valence-electron chi connectivity index (χ4n) is 3.73. The van der Waals surface area contributed by atoms with Crippen molar-refractivity contribution in [3.8, 4) is 0 Å². The molecule has 0 radical (unpaired) electrons. The van der Waals surface area contributed by atoms with Gasteiger partial charge in [0.25, 0.3) is 5.91 Å². The van der Waals surface area contributed by atoms with Gasteiger partial charge in [0, 0.05) is 38.8 Å². The first-order valence-corrected chi connectivity index (χ1v) is 8.86. The third-order valence-corrected chi connectivity index (χ3v) is 5.00. The lowest BCUT2D eigenvalue weighted by Crippen LogP contribution is -2.40. The summed E-state index contributed by atoms with van der Waals surface area (Å²) in [5.41, 5.74) is 0.679. The van der Waals surface area contributed by atoms with Crippen LogP contribution in [0.5, 0.6) is 0 Å². The maximum atomic E-state index is 13.0. The van der Waals surface area contributed by atoms with Gasteiger partial charge in [0.2, 0.25) is 0 Å². The molecule has 0 bridgehead atoms. The molecule has 24 heavy (non-hydrogen) atoms. The Bertz CT molecular complexity index is 599. The summed E-state index contributed by atoms with van der Waals surface area (Å²) in [5, 5.41) is 8.86. The molecule has 0 aliphatic carbocycles. The minimum Gasteiger partial charge on any atom is -0.481 e. The fraction of sp³-hybridized carbons (Fsp3) is 0.611. The number of rotatable bonds is 5. The number of amides is 1. The lowest BCUT2D eigenvalue weighted by Gasteiger charge is -2.33. The van der Waals surface area contributed by atoms with Gasteiger partial charge >= 0.3 is 5.97 Å². The minimum atomic E-state index is -0.762. The van der Waals surface area contributed by atoms with E-state index >= 15 is 0 Å². The number of anilines is 1. The molecule has 0 saturated carbocycles. The summed E-state index contributed by atoms with van der Waals surface area (Å²) >= 11 is 0. The normalized spacial score (nSPS) is 21.1. The molecule has 1 atom stereocenters. The Kier molecular flexibility index (Phi) is 5.33. The van der Waals surface area contributed by atoms with Crippen LogP contribution in [0.1, 0.15) is 48.9 Å². The molecule has 6 heteroatoms.